The van der Waals surface area contributed by atoms with Crippen LogP contribution in [0.5, 0.6) is 23.0 Å². The van der Waals surface area contributed by atoms with E-state index in [1.807, 2.05) is 18.2 Å². The normalized spacial score (nSPS) is 11.6. The molecule has 0 radical (unpaired) electrons. The number of rotatable bonds is 10. The zero-order valence-corrected chi connectivity index (χ0v) is 20.1. The summed E-state index contributed by atoms with van der Waals surface area (Å²) in [6, 6.07) is 14.2. The van der Waals surface area contributed by atoms with Crippen LogP contribution in [0.15, 0.2) is 59.8 Å². The molecule has 0 saturated carbocycles. The summed E-state index contributed by atoms with van der Waals surface area (Å²) >= 11 is 1.20. The van der Waals surface area contributed by atoms with Gasteiger partial charge in [0.05, 0.1) is 25.5 Å². The van der Waals surface area contributed by atoms with E-state index >= 15 is 0 Å². The quantitative estimate of drug-likeness (QED) is 0.412. The van der Waals surface area contributed by atoms with Crippen LogP contribution in [0.4, 0.5) is 5.69 Å². The van der Waals surface area contributed by atoms with Crippen LogP contribution in [0.25, 0.3) is 0 Å². The van der Waals surface area contributed by atoms with Crippen LogP contribution in [0.3, 0.4) is 0 Å². The summed E-state index contributed by atoms with van der Waals surface area (Å²) in [7, 11) is 3.17. The number of pyridine rings is 1. The third kappa shape index (κ3) is 6.15. The minimum absolute atomic E-state index is 0.0946. The first-order valence-corrected chi connectivity index (χ1v) is 11.8. The van der Waals surface area contributed by atoms with Gasteiger partial charge >= 0.3 is 0 Å². The van der Waals surface area contributed by atoms with Crippen molar-refractivity contribution in [2.75, 3.05) is 38.6 Å². The number of amides is 2. The highest BCUT2D eigenvalue weighted by molar-refractivity contribution is 8.00. The largest absolute Gasteiger partial charge is 0.493 e. The molecular formula is C25H25N3O6S. The highest BCUT2D eigenvalue weighted by Crippen LogP contribution is 2.34. The Labute approximate surface area is 207 Å². The van der Waals surface area contributed by atoms with Crippen molar-refractivity contribution in [3.8, 4) is 23.0 Å². The van der Waals surface area contributed by atoms with Gasteiger partial charge in [0.2, 0.25) is 12.7 Å². The number of ether oxygens (including phenoxy) is 4. The summed E-state index contributed by atoms with van der Waals surface area (Å²) < 4.78 is 21.2. The molecule has 0 atom stereocenters. The number of carbonyl (C=O) groups is 2. The molecule has 182 valence electrons. The first-order chi connectivity index (χ1) is 17.1. The van der Waals surface area contributed by atoms with Crippen molar-refractivity contribution in [1.82, 2.24) is 10.3 Å². The summed E-state index contributed by atoms with van der Waals surface area (Å²) in [5.41, 5.74) is 2.03. The van der Waals surface area contributed by atoms with Gasteiger partial charge in [0.25, 0.3) is 5.91 Å². The number of anilines is 1. The van der Waals surface area contributed by atoms with Crippen LogP contribution in [0.1, 0.15) is 15.9 Å². The van der Waals surface area contributed by atoms with Gasteiger partial charge < -0.3 is 29.6 Å². The summed E-state index contributed by atoms with van der Waals surface area (Å²) in [6.45, 7) is 0.597. The maximum Gasteiger partial charge on any atom is 0.254 e. The number of nitrogens with one attached hydrogen (secondary N) is 2. The number of methoxy groups -OCH3 is 2. The number of aromatic nitrogens is 1. The Balaban J connectivity index is 1.30. The molecule has 0 fully saturated rings. The van der Waals surface area contributed by atoms with Crippen LogP contribution in [0, 0.1) is 0 Å². The second-order valence-electron chi connectivity index (χ2n) is 7.46. The van der Waals surface area contributed by atoms with E-state index in [-0.39, 0.29) is 24.4 Å². The van der Waals surface area contributed by atoms with E-state index in [9.17, 15) is 9.59 Å². The van der Waals surface area contributed by atoms with E-state index in [1.54, 1.807) is 50.7 Å². The molecule has 0 bridgehead atoms. The van der Waals surface area contributed by atoms with Gasteiger partial charge in [-0.05, 0) is 48.4 Å². The summed E-state index contributed by atoms with van der Waals surface area (Å²) in [4.78, 5) is 29.5. The Morgan fingerprint density at radius 2 is 1.86 bits per heavy atom. The first kappa shape index (κ1) is 24.2. The Morgan fingerprint density at radius 3 is 2.69 bits per heavy atom. The monoisotopic (exact) mass is 495 g/mol. The van der Waals surface area contributed by atoms with E-state index in [1.165, 1.54) is 11.8 Å². The molecule has 1 aliphatic rings. The maximum absolute atomic E-state index is 12.8. The van der Waals surface area contributed by atoms with Crippen molar-refractivity contribution in [3.63, 3.8) is 0 Å². The lowest BCUT2D eigenvalue weighted by molar-refractivity contribution is -0.113. The fraction of sp³-hybridized carbons (Fsp3) is 0.240. The molecule has 0 unspecified atom stereocenters. The third-order valence-corrected chi connectivity index (χ3v) is 6.16. The lowest BCUT2D eigenvalue weighted by atomic mass is 10.1. The zero-order valence-electron chi connectivity index (χ0n) is 19.3. The Morgan fingerprint density at radius 1 is 1.03 bits per heavy atom. The number of benzene rings is 2. The highest BCUT2D eigenvalue weighted by Gasteiger charge is 2.16. The summed E-state index contributed by atoms with van der Waals surface area (Å²) in [5.74, 6) is 2.15. The molecule has 2 heterocycles. The van der Waals surface area contributed by atoms with Gasteiger partial charge in [-0.1, -0.05) is 17.8 Å². The molecule has 1 aliphatic heterocycles. The Hall–Kier alpha value is -3.92. The van der Waals surface area contributed by atoms with E-state index in [0.29, 0.717) is 52.2 Å². The number of hydrogen-bond acceptors (Lipinski definition) is 8. The Bertz CT molecular complexity index is 1220. The van der Waals surface area contributed by atoms with Gasteiger partial charge in [0.15, 0.2) is 23.0 Å². The molecule has 35 heavy (non-hydrogen) atoms. The van der Waals surface area contributed by atoms with Crippen molar-refractivity contribution in [2.45, 2.75) is 11.4 Å². The molecule has 4 rings (SSSR count). The molecule has 0 aliphatic carbocycles. The van der Waals surface area contributed by atoms with Crippen molar-refractivity contribution in [2.24, 2.45) is 0 Å². The van der Waals surface area contributed by atoms with E-state index in [2.05, 4.69) is 15.6 Å². The molecular weight excluding hydrogens is 470 g/mol. The van der Waals surface area contributed by atoms with Gasteiger partial charge in [0, 0.05) is 24.5 Å². The van der Waals surface area contributed by atoms with Crippen LogP contribution < -0.4 is 29.6 Å². The summed E-state index contributed by atoms with van der Waals surface area (Å²) in [6.07, 6.45) is 2.21. The van der Waals surface area contributed by atoms with Gasteiger partial charge in [-0.2, -0.15) is 0 Å². The lowest BCUT2D eigenvalue weighted by Crippen LogP contribution is -2.26. The topological polar surface area (TPSA) is 108 Å². The van der Waals surface area contributed by atoms with Crippen LogP contribution >= 0.6 is 11.8 Å². The second kappa shape index (κ2) is 11.5. The standard InChI is InChI=1S/C25H25N3O6S/c1-31-19-7-5-16(12-21(19)32-2)9-11-26-24(30)18-4-3-10-27-25(18)35-14-23(29)28-17-6-8-20-22(13-17)34-15-33-20/h3-8,10,12-13H,9,11,14-15H2,1-2H3,(H,26,30)(H,28,29). The van der Waals surface area contributed by atoms with E-state index in [0.717, 1.165) is 5.56 Å². The minimum Gasteiger partial charge on any atom is -0.493 e. The average Bonchev–Trinajstić information content (AvgIpc) is 3.35. The third-order valence-electron chi connectivity index (χ3n) is 5.16. The predicted octanol–water partition coefficient (Wildman–Crippen LogP) is 3.53. The van der Waals surface area contributed by atoms with Gasteiger partial charge in [0.1, 0.15) is 5.03 Å². The van der Waals surface area contributed by atoms with Crippen molar-refractivity contribution >= 4 is 29.3 Å². The van der Waals surface area contributed by atoms with Crippen LogP contribution in [-0.2, 0) is 11.2 Å². The number of fused-ring (bicyclic) bond motifs is 1. The predicted molar refractivity (Wildman–Crippen MR) is 132 cm³/mol. The second-order valence-corrected chi connectivity index (χ2v) is 8.42. The average molecular weight is 496 g/mol. The van der Waals surface area contributed by atoms with Gasteiger partial charge in [-0.3, -0.25) is 9.59 Å². The molecule has 10 heteroatoms. The number of thioether (sulfide) groups is 1. The Kier molecular flexibility index (Phi) is 7.94. The zero-order chi connectivity index (χ0) is 24.6. The maximum atomic E-state index is 12.8. The fourth-order valence-electron chi connectivity index (χ4n) is 3.44. The SMILES string of the molecule is COc1ccc(CCNC(=O)c2cccnc2SCC(=O)Nc2ccc3c(c2)OCO3)cc1OC. The fourth-order valence-corrected chi connectivity index (χ4v) is 4.23. The van der Waals surface area contributed by atoms with Crippen LogP contribution in [-0.4, -0.2) is 50.1 Å². The van der Waals surface area contributed by atoms with Gasteiger partial charge in [-0.25, -0.2) is 4.98 Å². The van der Waals surface area contributed by atoms with E-state index < -0.39 is 0 Å². The molecule has 1 aromatic heterocycles. The smallest absolute Gasteiger partial charge is 0.254 e. The molecule has 3 aromatic rings. The molecule has 9 nitrogen and oxygen atoms in total. The van der Waals surface area contributed by atoms with Crippen LogP contribution in [0.2, 0.25) is 0 Å². The molecule has 2 N–H and O–H groups in total. The van der Waals surface area contributed by atoms with Crippen molar-refractivity contribution in [1.29, 1.82) is 0 Å². The van der Waals surface area contributed by atoms with Gasteiger partial charge in [-0.15, -0.1) is 0 Å². The lowest BCUT2D eigenvalue weighted by Gasteiger charge is -2.11. The van der Waals surface area contributed by atoms with E-state index in [4.69, 9.17) is 18.9 Å². The minimum atomic E-state index is -0.253. The number of hydrogen-bond donors (Lipinski definition) is 2. The highest BCUT2D eigenvalue weighted by atomic mass is 32.2. The molecule has 0 spiro atoms. The molecule has 0 saturated heterocycles. The number of carbonyl (C=O) groups excluding carboxylic acids is 2. The molecule has 2 aromatic carbocycles. The first-order valence-electron chi connectivity index (χ1n) is 10.8. The number of nitrogens with zero attached hydrogens (tertiary/aromatic N) is 1. The molecule has 2 amide bonds. The van der Waals surface area contributed by atoms with Crippen molar-refractivity contribution < 1.29 is 28.5 Å². The summed E-state index contributed by atoms with van der Waals surface area (Å²) in [5, 5.41) is 6.22. The van der Waals surface area contributed by atoms with Crippen molar-refractivity contribution in [3.05, 3.63) is 65.9 Å².